The van der Waals surface area contributed by atoms with Gasteiger partial charge in [0.25, 0.3) is 0 Å². The zero-order chi connectivity index (χ0) is 26.9. The summed E-state index contributed by atoms with van der Waals surface area (Å²) in [5.41, 5.74) is 0.453. The Morgan fingerprint density at radius 3 is 2.63 bits per heavy atom. The lowest BCUT2D eigenvalue weighted by Gasteiger charge is -2.42. The van der Waals surface area contributed by atoms with Gasteiger partial charge in [0.15, 0.2) is 0 Å². The van der Waals surface area contributed by atoms with Crippen LogP contribution in [0.4, 0.5) is 0 Å². The second-order valence-electron chi connectivity index (χ2n) is 10.3. The molecule has 1 aliphatic heterocycles. The molecule has 38 heavy (non-hydrogen) atoms. The number of nitrogens with zero attached hydrogens (tertiary/aromatic N) is 2. The Kier molecular flexibility index (Phi) is 11.2. The van der Waals surface area contributed by atoms with Gasteiger partial charge in [-0.05, 0) is 59.6 Å². The standard InChI is InChI=1S/C28H40IN3O6/c29-22-7-3-4-8-24(22)38-25-19-21(28(36)30-9-14-33)18-23(27(25)35)32(11-10-31-12-15-37-16-13-31)26(34)17-20-5-1-2-6-20/h3-4,7-8,19-20,23,25,27,33,35H,1-2,5-6,9-18H2,(H,30,36)/t23-,25+,27+/m1/s1. The van der Waals surface area contributed by atoms with E-state index in [9.17, 15) is 19.8 Å². The van der Waals surface area contributed by atoms with E-state index in [1.807, 2.05) is 24.3 Å². The van der Waals surface area contributed by atoms with E-state index in [1.54, 1.807) is 11.0 Å². The molecule has 3 N–H and O–H groups in total. The molecule has 2 aliphatic carbocycles. The number of hydrogen-bond donors (Lipinski definition) is 3. The topological polar surface area (TPSA) is 112 Å². The fourth-order valence-corrected chi connectivity index (χ4v) is 6.11. The van der Waals surface area contributed by atoms with Crippen LogP contribution in [-0.4, -0.2) is 103 Å². The lowest BCUT2D eigenvalue weighted by Crippen LogP contribution is -2.57. The van der Waals surface area contributed by atoms with Crippen molar-refractivity contribution in [2.75, 3.05) is 52.5 Å². The second kappa shape index (κ2) is 14.6. The summed E-state index contributed by atoms with van der Waals surface area (Å²) in [5, 5.41) is 23.5. The highest BCUT2D eigenvalue weighted by Gasteiger charge is 2.41. The van der Waals surface area contributed by atoms with Gasteiger partial charge in [0.05, 0.1) is 29.4 Å². The number of amides is 2. The third-order valence-corrected chi connectivity index (χ3v) is 8.62. The van der Waals surface area contributed by atoms with Crippen molar-refractivity contribution in [2.24, 2.45) is 5.92 Å². The molecule has 0 unspecified atom stereocenters. The van der Waals surface area contributed by atoms with Crippen molar-refractivity contribution in [3.63, 3.8) is 0 Å². The Bertz CT molecular complexity index is 964. The van der Waals surface area contributed by atoms with Crippen molar-refractivity contribution >= 4 is 34.4 Å². The Balaban J connectivity index is 1.58. The number of hydrogen-bond acceptors (Lipinski definition) is 7. The van der Waals surface area contributed by atoms with Gasteiger partial charge in [0.2, 0.25) is 11.8 Å². The van der Waals surface area contributed by atoms with Crippen LogP contribution in [0.15, 0.2) is 35.9 Å². The van der Waals surface area contributed by atoms with Gasteiger partial charge in [0.1, 0.15) is 18.0 Å². The molecule has 1 aromatic rings. The quantitative estimate of drug-likeness (QED) is 0.317. The molecule has 0 aromatic heterocycles. The third kappa shape index (κ3) is 7.91. The van der Waals surface area contributed by atoms with Crippen LogP contribution in [0.2, 0.25) is 0 Å². The summed E-state index contributed by atoms with van der Waals surface area (Å²) in [4.78, 5) is 30.8. The second-order valence-corrected chi connectivity index (χ2v) is 11.5. The number of para-hydroxylation sites is 1. The highest BCUT2D eigenvalue weighted by molar-refractivity contribution is 14.1. The van der Waals surface area contributed by atoms with Crippen LogP contribution in [0.3, 0.4) is 0 Å². The number of halogens is 1. The van der Waals surface area contributed by atoms with E-state index in [4.69, 9.17) is 9.47 Å². The maximum atomic E-state index is 13.8. The first-order valence-corrected chi connectivity index (χ1v) is 14.8. The molecule has 2 fully saturated rings. The molecule has 1 aromatic carbocycles. The summed E-state index contributed by atoms with van der Waals surface area (Å²) in [5.74, 6) is 0.694. The number of carbonyl (C=O) groups excluding carboxylic acids is 2. The fraction of sp³-hybridized carbons (Fsp3) is 0.643. The Morgan fingerprint density at radius 1 is 1.18 bits per heavy atom. The van der Waals surface area contributed by atoms with Gasteiger partial charge in [-0.2, -0.15) is 0 Å². The van der Waals surface area contributed by atoms with Gasteiger partial charge in [-0.3, -0.25) is 14.5 Å². The van der Waals surface area contributed by atoms with Gasteiger partial charge in [0, 0.05) is 51.1 Å². The molecule has 1 saturated heterocycles. The summed E-state index contributed by atoms with van der Waals surface area (Å²) >= 11 is 2.18. The largest absolute Gasteiger partial charge is 0.482 e. The summed E-state index contributed by atoms with van der Waals surface area (Å²) in [6.45, 7) is 4.08. The van der Waals surface area contributed by atoms with Crippen LogP contribution in [-0.2, 0) is 14.3 Å². The van der Waals surface area contributed by atoms with Crippen molar-refractivity contribution in [1.29, 1.82) is 0 Å². The Morgan fingerprint density at radius 2 is 1.92 bits per heavy atom. The number of nitrogens with one attached hydrogen (secondary N) is 1. The Labute approximate surface area is 238 Å². The number of aliphatic hydroxyl groups excluding tert-OH is 2. The van der Waals surface area contributed by atoms with E-state index in [1.165, 1.54) is 0 Å². The molecule has 1 saturated carbocycles. The minimum atomic E-state index is -1.00. The highest BCUT2D eigenvalue weighted by Crippen LogP contribution is 2.32. The van der Waals surface area contributed by atoms with Crippen molar-refractivity contribution < 1.29 is 29.3 Å². The van der Waals surface area contributed by atoms with E-state index in [2.05, 4.69) is 32.8 Å². The zero-order valence-electron chi connectivity index (χ0n) is 21.9. The summed E-state index contributed by atoms with van der Waals surface area (Å²) in [6.07, 6.45) is 4.98. The molecular formula is C28H40IN3O6. The molecule has 2 amide bonds. The molecule has 0 bridgehead atoms. The molecular weight excluding hydrogens is 601 g/mol. The van der Waals surface area contributed by atoms with Gasteiger partial charge in [-0.25, -0.2) is 0 Å². The van der Waals surface area contributed by atoms with Crippen LogP contribution < -0.4 is 10.1 Å². The summed E-state index contributed by atoms with van der Waals surface area (Å²) in [6, 6.07) is 6.92. The number of benzene rings is 1. The molecule has 3 atom stereocenters. The number of aliphatic hydroxyl groups is 2. The van der Waals surface area contributed by atoms with Crippen LogP contribution >= 0.6 is 22.6 Å². The number of ether oxygens (including phenoxy) is 2. The average Bonchev–Trinajstić information content (AvgIpc) is 3.44. The van der Waals surface area contributed by atoms with Gasteiger partial charge in [-0.1, -0.05) is 25.0 Å². The number of rotatable bonds is 11. The third-order valence-electron chi connectivity index (χ3n) is 7.73. The van der Waals surface area contributed by atoms with Crippen molar-refractivity contribution in [3.8, 4) is 5.75 Å². The maximum absolute atomic E-state index is 13.8. The maximum Gasteiger partial charge on any atom is 0.247 e. The molecule has 10 heteroatoms. The van der Waals surface area contributed by atoms with E-state index in [0.717, 1.165) is 42.3 Å². The Hall–Kier alpha value is -1.73. The van der Waals surface area contributed by atoms with Crippen molar-refractivity contribution in [1.82, 2.24) is 15.1 Å². The lowest BCUT2D eigenvalue weighted by molar-refractivity contribution is -0.140. The highest BCUT2D eigenvalue weighted by atomic mass is 127. The SMILES string of the molecule is O=C(NCCO)C1=C[C@H](Oc2ccccc2I)[C@@H](O)[C@H](N(CCN2CCOCC2)C(=O)CC2CCCC2)C1. The number of carbonyl (C=O) groups is 2. The molecule has 0 radical (unpaired) electrons. The van der Waals surface area contributed by atoms with E-state index in [-0.39, 0.29) is 31.4 Å². The van der Waals surface area contributed by atoms with Crippen LogP contribution in [0.25, 0.3) is 0 Å². The van der Waals surface area contributed by atoms with Gasteiger partial charge in [-0.15, -0.1) is 0 Å². The smallest absolute Gasteiger partial charge is 0.247 e. The summed E-state index contributed by atoms with van der Waals surface area (Å²) in [7, 11) is 0. The fourth-order valence-electron chi connectivity index (χ4n) is 5.59. The van der Waals surface area contributed by atoms with Crippen molar-refractivity contribution in [2.45, 2.75) is 56.8 Å². The van der Waals surface area contributed by atoms with Gasteiger partial charge >= 0.3 is 0 Å². The average molecular weight is 642 g/mol. The van der Waals surface area contributed by atoms with Crippen molar-refractivity contribution in [3.05, 3.63) is 39.5 Å². The first-order valence-electron chi connectivity index (χ1n) is 13.7. The normalized spacial score (nSPS) is 24.6. The van der Waals surface area contributed by atoms with E-state index < -0.39 is 18.2 Å². The van der Waals surface area contributed by atoms with Crippen LogP contribution in [0, 0.1) is 9.49 Å². The number of morpholine rings is 1. The minimum absolute atomic E-state index is 0.0271. The lowest BCUT2D eigenvalue weighted by atomic mass is 9.87. The van der Waals surface area contributed by atoms with Crippen LogP contribution in [0.5, 0.6) is 5.75 Å². The molecule has 1 heterocycles. The van der Waals surface area contributed by atoms with E-state index >= 15 is 0 Å². The van der Waals surface area contributed by atoms with E-state index in [0.29, 0.717) is 50.0 Å². The predicted molar refractivity (Wildman–Crippen MR) is 152 cm³/mol. The van der Waals surface area contributed by atoms with Crippen LogP contribution in [0.1, 0.15) is 38.5 Å². The van der Waals surface area contributed by atoms with Gasteiger partial charge < -0.3 is 29.9 Å². The first-order chi connectivity index (χ1) is 18.5. The first kappa shape index (κ1) is 29.3. The monoisotopic (exact) mass is 641 g/mol. The zero-order valence-corrected chi connectivity index (χ0v) is 24.1. The molecule has 9 nitrogen and oxygen atoms in total. The minimum Gasteiger partial charge on any atom is -0.482 e. The predicted octanol–water partition coefficient (Wildman–Crippen LogP) is 1.95. The molecule has 3 aliphatic rings. The molecule has 210 valence electrons. The molecule has 4 rings (SSSR count). The summed E-state index contributed by atoms with van der Waals surface area (Å²) < 4.78 is 12.6. The molecule has 0 spiro atoms.